The summed E-state index contributed by atoms with van der Waals surface area (Å²) in [5.41, 5.74) is -0.491. The number of likely N-dealkylation sites (tertiary alicyclic amines) is 2. The molecule has 0 aromatic carbocycles. The lowest BCUT2D eigenvalue weighted by Crippen LogP contribution is -2.56. The molecule has 2 fully saturated rings. The molecule has 0 radical (unpaired) electrons. The van der Waals surface area contributed by atoms with E-state index in [1.165, 1.54) is 24.2 Å². The highest BCUT2D eigenvalue weighted by atomic mass is 35.5. The summed E-state index contributed by atoms with van der Waals surface area (Å²) >= 11 is 5.95. The van der Waals surface area contributed by atoms with E-state index in [4.69, 9.17) is 11.6 Å². The summed E-state index contributed by atoms with van der Waals surface area (Å²) in [5, 5.41) is 5.18. The molecule has 2 amide bonds. The number of piperidine rings is 1. The van der Waals surface area contributed by atoms with E-state index in [0.29, 0.717) is 19.4 Å². The van der Waals surface area contributed by atoms with Crippen LogP contribution >= 0.6 is 11.6 Å². The van der Waals surface area contributed by atoms with Crippen molar-refractivity contribution < 1.29 is 40.7 Å². The molecule has 35 heavy (non-hydrogen) atoms. The number of ether oxygens (including phenoxy) is 1. The lowest BCUT2D eigenvalue weighted by atomic mass is 9.84. The third-order valence-corrected chi connectivity index (χ3v) is 6.41. The van der Waals surface area contributed by atoms with Gasteiger partial charge >= 0.3 is 18.4 Å². The highest BCUT2D eigenvalue weighted by molar-refractivity contribution is 6.68. The SMILES string of the molecule is C=NN1C=CC(Cl)=N/C1=C(/C)C(=O)N1CCCC12CCN(C(=O)OC(C(F)(F)F)C(F)(F)F)CC2. The summed E-state index contributed by atoms with van der Waals surface area (Å²) in [4.78, 5) is 32.0. The minimum Gasteiger partial charge on any atom is -0.426 e. The molecule has 0 saturated carbocycles. The molecule has 2 saturated heterocycles. The Balaban J connectivity index is 1.73. The molecule has 194 valence electrons. The van der Waals surface area contributed by atoms with Crippen LogP contribution in [0, 0.1) is 0 Å². The van der Waals surface area contributed by atoms with Gasteiger partial charge in [0.2, 0.25) is 0 Å². The quantitative estimate of drug-likeness (QED) is 0.309. The first-order valence-electron chi connectivity index (χ1n) is 10.5. The van der Waals surface area contributed by atoms with Gasteiger partial charge < -0.3 is 14.5 Å². The zero-order valence-electron chi connectivity index (χ0n) is 18.5. The zero-order chi connectivity index (χ0) is 26.2. The molecule has 0 bridgehead atoms. The van der Waals surface area contributed by atoms with Gasteiger partial charge in [0.15, 0.2) is 5.82 Å². The Morgan fingerprint density at radius 1 is 1.14 bits per heavy atom. The maximum Gasteiger partial charge on any atom is 0.434 e. The number of alkyl halides is 6. The van der Waals surface area contributed by atoms with Gasteiger partial charge in [0.25, 0.3) is 12.0 Å². The summed E-state index contributed by atoms with van der Waals surface area (Å²) in [7, 11) is 0. The fraction of sp³-hybridized carbons (Fsp3) is 0.600. The van der Waals surface area contributed by atoms with E-state index in [-0.39, 0.29) is 48.4 Å². The van der Waals surface area contributed by atoms with Crippen LogP contribution in [0.3, 0.4) is 0 Å². The van der Waals surface area contributed by atoms with E-state index in [1.807, 2.05) is 0 Å². The third kappa shape index (κ3) is 5.57. The van der Waals surface area contributed by atoms with Crippen molar-refractivity contribution in [2.24, 2.45) is 10.1 Å². The van der Waals surface area contributed by atoms with Crippen molar-refractivity contribution in [2.45, 2.75) is 56.6 Å². The van der Waals surface area contributed by atoms with Gasteiger partial charge in [-0.15, -0.1) is 0 Å². The number of aliphatic imine (C=N–C) groups is 1. The fourth-order valence-corrected chi connectivity index (χ4v) is 4.57. The van der Waals surface area contributed by atoms with Crippen molar-refractivity contribution in [3.8, 4) is 0 Å². The van der Waals surface area contributed by atoms with E-state index in [9.17, 15) is 35.9 Å². The van der Waals surface area contributed by atoms with Gasteiger partial charge in [-0.3, -0.25) is 4.79 Å². The molecule has 0 aliphatic carbocycles. The lowest BCUT2D eigenvalue weighted by molar-refractivity contribution is -0.308. The number of carbonyl (C=O) groups excluding carboxylic acids is 2. The van der Waals surface area contributed by atoms with Crippen LogP contribution in [-0.4, -0.2) is 82.3 Å². The first kappa shape index (κ1) is 26.8. The van der Waals surface area contributed by atoms with Crippen LogP contribution in [0.5, 0.6) is 0 Å². The number of carbonyl (C=O) groups is 2. The standard InChI is InChI=1S/C20H22ClF6N5O3/c1-12(14-29-13(21)4-9-32(14)28-2)15(33)31-8-3-5-18(31)6-10-30(11-7-18)17(34)35-16(19(22,23)24)20(25,26)27/h4,9,16H,2-3,5-8,10-11H2,1H3/b14-12+. The van der Waals surface area contributed by atoms with Crippen LogP contribution in [0.1, 0.15) is 32.6 Å². The molecule has 0 unspecified atom stereocenters. The number of halogens is 7. The molecule has 0 N–H and O–H groups in total. The van der Waals surface area contributed by atoms with Gasteiger partial charge in [-0.2, -0.15) is 31.4 Å². The van der Waals surface area contributed by atoms with Gasteiger partial charge in [0, 0.05) is 38.1 Å². The largest absolute Gasteiger partial charge is 0.434 e. The number of hydrogen-bond donors (Lipinski definition) is 0. The molecule has 3 rings (SSSR count). The van der Waals surface area contributed by atoms with Gasteiger partial charge in [0.1, 0.15) is 5.17 Å². The molecule has 3 aliphatic heterocycles. The number of hydrogen-bond acceptors (Lipinski definition) is 6. The molecular formula is C20H22ClF6N5O3. The molecular weight excluding hydrogens is 508 g/mol. The minimum absolute atomic E-state index is 0.131. The first-order chi connectivity index (χ1) is 16.2. The van der Waals surface area contributed by atoms with Crippen molar-refractivity contribution in [1.82, 2.24) is 14.8 Å². The van der Waals surface area contributed by atoms with Gasteiger partial charge in [-0.05, 0) is 38.7 Å². The molecule has 3 aliphatic rings. The summed E-state index contributed by atoms with van der Waals surface area (Å²) in [6.07, 6.45) is -13.0. The summed E-state index contributed by atoms with van der Waals surface area (Å²) in [5.74, 6) is -0.203. The van der Waals surface area contributed by atoms with Crippen LogP contribution in [0.2, 0.25) is 0 Å². The zero-order valence-corrected chi connectivity index (χ0v) is 19.3. The number of rotatable bonds is 3. The average Bonchev–Trinajstić information content (AvgIpc) is 3.17. The van der Waals surface area contributed by atoms with Crippen molar-refractivity contribution in [3.63, 3.8) is 0 Å². The number of amides is 2. The van der Waals surface area contributed by atoms with Gasteiger partial charge in [0.05, 0.1) is 5.57 Å². The number of nitrogens with zero attached hydrogens (tertiary/aromatic N) is 5. The Kier molecular flexibility index (Phi) is 7.44. The van der Waals surface area contributed by atoms with Crippen LogP contribution in [0.25, 0.3) is 0 Å². The molecule has 8 nitrogen and oxygen atoms in total. The molecule has 0 aromatic heterocycles. The number of allylic oxidation sites excluding steroid dienone is 1. The maximum atomic E-state index is 13.4. The first-order valence-corrected chi connectivity index (χ1v) is 10.9. The van der Waals surface area contributed by atoms with E-state index < -0.39 is 30.1 Å². The van der Waals surface area contributed by atoms with Gasteiger partial charge in [-0.25, -0.2) is 14.8 Å². The van der Waals surface area contributed by atoms with Crippen molar-refractivity contribution in [2.75, 3.05) is 19.6 Å². The molecule has 0 aromatic rings. The van der Waals surface area contributed by atoms with Crippen LogP contribution in [0.4, 0.5) is 31.1 Å². The second kappa shape index (κ2) is 9.70. The average molecular weight is 530 g/mol. The summed E-state index contributed by atoms with van der Waals surface area (Å²) in [6.45, 7) is 4.99. The van der Waals surface area contributed by atoms with Crippen molar-refractivity contribution >= 4 is 35.5 Å². The van der Waals surface area contributed by atoms with Crippen LogP contribution < -0.4 is 0 Å². The Hall–Kier alpha value is -2.77. The fourth-order valence-electron chi connectivity index (χ4n) is 4.44. The summed E-state index contributed by atoms with van der Waals surface area (Å²) in [6, 6.07) is 0. The van der Waals surface area contributed by atoms with Gasteiger partial charge in [-0.1, -0.05) is 11.6 Å². The highest BCUT2D eigenvalue weighted by Crippen LogP contribution is 2.41. The smallest absolute Gasteiger partial charge is 0.426 e. The minimum atomic E-state index is -5.79. The van der Waals surface area contributed by atoms with E-state index in [1.54, 1.807) is 4.90 Å². The molecule has 15 heteroatoms. The monoisotopic (exact) mass is 529 g/mol. The van der Waals surface area contributed by atoms with Crippen molar-refractivity contribution in [3.05, 3.63) is 23.7 Å². The van der Waals surface area contributed by atoms with Crippen LogP contribution in [-0.2, 0) is 9.53 Å². The topological polar surface area (TPSA) is 77.8 Å². The predicted octanol–water partition coefficient (Wildman–Crippen LogP) is 4.39. The van der Waals surface area contributed by atoms with Crippen molar-refractivity contribution in [1.29, 1.82) is 0 Å². The normalized spacial score (nSPS) is 22.0. The number of hydrazone groups is 1. The second-order valence-corrected chi connectivity index (χ2v) is 8.69. The molecule has 1 spiro atoms. The van der Waals surface area contributed by atoms with Crippen LogP contribution in [0.15, 0.2) is 33.8 Å². The van der Waals surface area contributed by atoms with E-state index in [0.717, 1.165) is 4.90 Å². The Morgan fingerprint density at radius 3 is 2.29 bits per heavy atom. The highest BCUT2D eigenvalue weighted by Gasteiger charge is 2.60. The third-order valence-electron chi connectivity index (χ3n) is 6.20. The maximum absolute atomic E-state index is 13.4. The lowest BCUT2D eigenvalue weighted by Gasteiger charge is -2.45. The second-order valence-electron chi connectivity index (χ2n) is 8.30. The van der Waals surface area contributed by atoms with E-state index in [2.05, 4.69) is 21.5 Å². The molecule has 0 atom stereocenters. The molecule has 3 heterocycles. The summed E-state index contributed by atoms with van der Waals surface area (Å²) < 4.78 is 80.2. The Morgan fingerprint density at radius 2 is 1.74 bits per heavy atom. The predicted molar refractivity (Wildman–Crippen MR) is 113 cm³/mol. The van der Waals surface area contributed by atoms with E-state index >= 15 is 0 Å². The Labute approximate surface area is 201 Å². The Bertz CT molecular complexity index is 955.